The van der Waals surface area contributed by atoms with E-state index < -0.39 is 0 Å². The molecule has 0 saturated carbocycles. The van der Waals surface area contributed by atoms with E-state index in [-0.39, 0.29) is 5.41 Å². The molecule has 0 N–H and O–H groups in total. The van der Waals surface area contributed by atoms with Crippen molar-refractivity contribution in [2.24, 2.45) is 0 Å². The van der Waals surface area contributed by atoms with Gasteiger partial charge >= 0.3 is 0 Å². The number of aromatic nitrogens is 2. The SMILES string of the molecule is CC1(C)c2cc3ccccc3cc2-c2c(-c3cc(-c4ccc(-c5ccc(-c6cccc7oc8c9ccccc9ccc8c67)cc5)c5ccccc45)nc(-c4ccccc4)n3)cccc21. The summed E-state index contributed by atoms with van der Waals surface area (Å²) >= 11 is 0. The van der Waals surface area contributed by atoms with Crippen LogP contribution in [0.5, 0.6) is 0 Å². The van der Waals surface area contributed by atoms with Gasteiger partial charge in [0.2, 0.25) is 0 Å². The molecule has 1 aliphatic carbocycles. The molecule has 10 aromatic carbocycles. The molecule has 0 spiro atoms. The number of fused-ring (bicyclic) bond motifs is 10. The molecule has 0 bridgehead atoms. The second-order valence-corrected chi connectivity index (χ2v) is 17.7. The molecule has 300 valence electrons. The Bertz CT molecular complexity index is 3860. The molecule has 0 aliphatic heterocycles. The fourth-order valence-corrected chi connectivity index (χ4v) is 10.5. The second-order valence-electron chi connectivity index (χ2n) is 17.7. The topological polar surface area (TPSA) is 38.9 Å². The van der Waals surface area contributed by atoms with Crippen molar-refractivity contribution in [3.05, 3.63) is 217 Å². The fourth-order valence-electron chi connectivity index (χ4n) is 10.5. The van der Waals surface area contributed by atoms with Gasteiger partial charge in [-0.25, -0.2) is 9.97 Å². The summed E-state index contributed by atoms with van der Waals surface area (Å²) in [4.78, 5) is 10.7. The highest BCUT2D eigenvalue weighted by molar-refractivity contribution is 6.19. The Morgan fingerprint density at radius 3 is 1.77 bits per heavy atom. The van der Waals surface area contributed by atoms with Gasteiger partial charge in [0.25, 0.3) is 0 Å². The van der Waals surface area contributed by atoms with Crippen LogP contribution in [0.3, 0.4) is 0 Å². The van der Waals surface area contributed by atoms with E-state index in [9.17, 15) is 0 Å². The van der Waals surface area contributed by atoms with Crippen LogP contribution in [0.4, 0.5) is 0 Å². The van der Waals surface area contributed by atoms with Crippen LogP contribution in [0.15, 0.2) is 211 Å². The molecular formula is C61H40N2O. The summed E-state index contributed by atoms with van der Waals surface area (Å²) < 4.78 is 6.53. The van der Waals surface area contributed by atoms with Gasteiger partial charge in [-0.15, -0.1) is 0 Å². The lowest BCUT2D eigenvalue weighted by molar-refractivity contribution is 0.661. The van der Waals surface area contributed by atoms with Crippen molar-refractivity contribution in [3.8, 4) is 67.3 Å². The summed E-state index contributed by atoms with van der Waals surface area (Å²) in [6.45, 7) is 4.70. The van der Waals surface area contributed by atoms with Crippen LogP contribution in [-0.4, -0.2) is 9.97 Å². The summed E-state index contributed by atoms with van der Waals surface area (Å²) in [5, 5.41) is 9.42. The van der Waals surface area contributed by atoms with Crippen molar-refractivity contribution >= 4 is 54.3 Å². The highest BCUT2D eigenvalue weighted by Gasteiger charge is 2.37. The Balaban J connectivity index is 0.943. The van der Waals surface area contributed by atoms with Crippen LogP contribution >= 0.6 is 0 Å². The predicted octanol–water partition coefficient (Wildman–Crippen LogP) is 16.5. The zero-order valence-electron chi connectivity index (χ0n) is 35.4. The van der Waals surface area contributed by atoms with Crippen molar-refractivity contribution in [3.63, 3.8) is 0 Å². The Labute approximate surface area is 371 Å². The summed E-state index contributed by atoms with van der Waals surface area (Å²) in [5.74, 6) is 0.707. The van der Waals surface area contributed by atoms with Gasteiger partial charge in [0.15, 0.2) is 5.82 Å². The largest absolute Gasteiger partial charge is 0.455 e. The maximum absolute atomic E-state index is 6.53. The molecule has 0 saturated heterocycles. The van der Waals surface area contributed by atoms with E-state index in [0.717, 1.165) is 77.5 Å². The number of rotatable bonds is 5. The first-order valence-electron chi connectivity index (χ1n) is 22.1. The van der Waals surface area contributed by atoms with E-state index in [0.29, 0.717) is 5.82 Å². The molecule has 12 aromatic rings. The maximum atomic E-state index is 6.53. The number of furan rings is 1. The van der Waals surface area contributed by atoms with Crippen LogP contribution in [0.1, 0.15) is 25.0 Å². The minimum absolute atomic E-state index is 0.163. The van der Waals surface area contributed by atoms with Gasteiger partial charge in [0, 0.05) is 38.3 Å². The van der Waals surface area contributed by atoms with Crippen molar-refractivity contribution in [1.29, 1.82) is 0 Å². The maximum Gasteiger partial charge on any atom is 0.160 e. The molecule has 13 rings (SSSR count). The minimum atomic E-state index is -0.163. The monoisotopic (exact) mass is 816 g/mol. The van der Waals surface area contributed by atoms with E-state index in [2.05, 4.69) is 214 Å². The lowest BCUT2D eigenvalue weighted by Crippen LogP contribution is -2.14. The van der Waals surface area contributed by atoms with Crippen LogP contribution in [-0.2, 0) is 5.41 Å². The minimum Gasteiger partial charge on any atom is -0.455 e. The molecule has 3 nitrogen and oxygen atoms in total. The molecule has 64 heavy (non-hydrogen) atoms. The average Bonchev–Trinajstić information content (AvgIpc) is 3.85. The van der Waals surface area contributed by atoms with Gasteiger partial charge < -0.3 is 4.42 Å². The summed E-state index contributed by atoms with van der Waals surface area (Å²) in [7, 11) is 0. The van der Waals surface area contributed by atoms with Gasteiger partial charge in [-0.1, -0.05) is 190 Å². The van der Waals surface area contributed by atoms with E-state index in [1.165, 1.54) is 49.4 Å². The van der Waals surface area contributed by atoms with Crippen molar-refractivity contribution in [1.82, 2.24) is 9.97 Å². The Hall–Kier alpha value is -8.14. The molecule has 3 heteroatoms. The van der Waals surface area contributed by atoms with E-state index in [4.69, 9.17) is 14.4 Å². The lowest BCUT2D eigenvalue weighted by atomic mass is 9.81. The standard InChI is InChI=1S/C61H40N2O/c1-61(2)52-24-12-23-49(57(52)51-34-41-17-6-7-18-42(41)35-53(51)61)55-36-54(62-60(63-55)40-15-4-3-5-16-40)48-33-32-43(46-20-10-11-21-47(46)48)38-26-28-39(29-27-38)44-22-13-25-56-58(44)50-31-30-37-14-8-9-19-45(37)59(50)64-56/h3-36H,1-2H3. The molecular weight excluding hydrogens is 777 g/mol. The molecule has 0 fully saturated rings. The molecule has 0 radical (unpaired) electrons. The highest BCUT2D eigenvalue weighted by atomic mass is 16.3. The molecule has 2 aromatic heterocycles. The Morgan fingerprint density at radius 1 is 0.375 bits per heavy atom. The van der Waals surface area contributed by atoms with Gasteiger partial charge in [-0.3, -0.25) is 0 Å². The van der Waals surface area contributed by atoms with Crippen LogP contribution in [0.25, 0.3) is 122 Å². The van der Waals surface area contributed by atoms with Crippen molar-refractivity contribution < 1.29 is 4.42 Å². The summed E-state index contributed by atoms with van der Waals surface area (Å²) in [6, 6.07) is 74.2. The first-order valence-corrected chi connectivity index (χ1v) is 22.1. The molecule has 0 atom stereocenters. The zero-order valence-corrected chi connectivity index (χ0v) is 35.4. The lowest BCUT2D eigenvalue weighted by Gasteiger charge is -2.22. The van der Waals surface area contributed by atoms with E-state index >= 15 is 0 Å². The van der Waals surface area contributed by atoms with Gasteiger partial charge in [0.05, 0.1) is 11.4 Å². The second kappa shape index (κ2) is 13.9. The van der Waals surface area contributed by atoms with Crippen molar-refractivity contribution in [2.75, 3.05) is 0 Å². The van der Waals surface area contributed by atoms with Gasteiger partial charge in [0.1, 0.15) is 11.2 Å². The van der Waals surface area contributed by atoms with E-state index in [1.54, 1.807) is 0 Å². The Morgan fingerprint density at radius 2 is 0.984 bits per heavy atom. The summed E-state index contributed by atoms with van der Waals surface area (Å²) in [5.41, 5.74) is 16.5. The third-order valence-electron chi connectivity index (χ3n) is 13.7. The third kappa shape index (κ3) is 5.54. The first-order chi connectivity index (χ1) is 31.5. The molecule has 0 unspecified atom stereocenters. The number of hydrogen-bond donors (Lipinski definition) is 0. The molecule has 1 aliphatic rings. The third-order valence-corrected chi connectivity index (χ3v) is 13.7. The number of hydrogen-bond acceptors (Lipinski definition) is 3. The van der Waals surface area contributed by atoms with E-state index in [1.807, 2.05) is 6.07 Å². The molecule has 0 amide bonds. The quantitative estimate of drug-likeness (QED) is 0.174. The predicted molar refractivity (Wildman–Crippen MR) is 267 cm³/mol. The van der Waals surface area contributed by atoms with Gasteiger partial charge in [-0.05, 0) is 102 Å². The zero-order chi connectivity index (χ0) is 42.5. The number of benzene rings is 10. The highest BCUT2D eigenvalue weighted by Crippen LogP contribution is 2.53. The number of nitrogens with zero attached hydrogens (tertiary/aromatic N) is 2. The van der Waals surface area contributed by atoms with Crippen LogP contribution in [0.2, 0.25) is 0 Å². The van der Waals surface area contributed by atoms with Crippen molar-refractivity contribution in [2.45, 2.75) is 19.3 Å². The smallest absolute Gasteiger partial charge is 0.160 e. The average molecular weight is 817 g/mol. The normalized spacial score (nSPS) is 13.0. The molecule has 2 heterocycles. The van der Waals surface area contributed by atoms with Crippen LogP contribution < -0.4 is 0 Å². The van der Waals surface area contributed by atoms with Gasteiger partial charge in [-0.2, -0.15) is 0 Å². The van der Waals surface area contributed by atoms with Crippen LogP contribution in [0, 0.1) is 0 Å². The fraction of sp³-hybridized carbons (Fsp3) is 0.0492. The first kappa shape index (κ1) is 36.5. The summed E-state index contributed by atoms with van der Waals surface area (Å²) in [6.07, 6.45) is 0. The Kier molecular flexibility index (Phi) is 7.95.